The smallest absolute Gasteiger partial charge is 0.0528 e. The molecule has 3 nitrogen and oxygen atoms in total. The highest BCUT2D eigenvalue weighted by Crippen LogP contribution is 2.25. The summed E-state index contributed by atoms with van der Waals surface area (Å²) in [4.78, 5) is 0. The Morgan fingerprint density at radius 3 is 2.71 bits per heavy atom. The summed E-state index contributed by atoms with van der Waals surface area (Å²) in [6.45, 7) is 9.52. The minimum atomic E-state index is 0.452. The van der Waals surface area contributed by atoms with Gasteiger partial charge in [0.15, 0.2) is 0 Å². The first-order valence-corrected chi connectivity index (χ1v) is 7.91. The maximum Gasteiger partial charge on any atom is 0.0528 e. The van der Waals surface area contributed by atoms with E-state index in [0.717, 1.165) is 26.1 Å². The van der Waals surface area contributed by atoms with Gasteiger partial charge >= 0.3 is 0 Å². The van der Waals surface area contributed by atoms with E-state index in [1.165, 1.54) is 16.5 Å². The van der Waals surface area contributed by atoms with Gasteiger partial charge in [0, 0.05) is 32.5 Å². The number of methoxy groups -OCH3 is 1. The Morgan fingerprint density at radius 1 is 1.19 bits per heavy atom. The van der Waals surface area contributed by atoms with Gasteiger partial charge in [0.25, 0.3) is 0 Å². The zero-order chi connectivity index (χ0) is 15.2. The van der Waals surface area contributed by atoms with Crippen molar-refractivity contribution < 1.29 is 4.74 Å². The van der Waals surface area contributed by atoms with Crippen LogP contribution in [0.15, 0.2) is 30.5 Å². The van der Waals surface area contributed by atoms with Crippen molar-refractivity contribution in [2.24, 2.45) is 5.92 Å². The lowest BCUT2D eigenvalue weighted by Gasteiger charge is -2.17. The van der Waals surface area contributed by atoms with Gasteiger partial charge in [-0.2, -0.15) is 0 Å². The summed E-state index contributed by atoms with van der Waals surface area (Å²) < 4.78 is 7.61. The van der Waals surface area contributed by atoms with E-state index in [1.807, 2.05) is 0 Å². The van der Waals surface area contributed by atoms with E-state index in [1.54, 1.807) is 7.11 Å². The van der Waals surface area contributed by atoms with E-state index in [9.17, 15) is 0 Å². The molecule has 0 aliphatic carbocycles. The molecule has 0 aliphatic heterocycles. The number of para-hydroxylation sites is 1. The molecule has 0 aliphatic rings. The van der Waals surface area contributed by atoms with Crippen LogP contribution in [0.3, 0.4) is 0 Å². The zero-order valence-electron chi connectivity index (χ0n) is 13.7. The van der Waals surface area contributed by atoms with E-state index >= 15 is 0 Å². The van der Waals surface area contributed by atoms with Crippen LogP contribution < -0.4 is 5.32 Å². The molecule has 1 atom stereocenters. The summed E-state index contributed by atoms with van der Waals surface area (Å²) in [5, 5.41) is 4.88. The molecule has 0 saturated heterocycles. The van der Waals surface area contributed by atoms with Gasteiger partial charge in [0.2, 0.25) is 0 Å². The summed E-state index contributed by atoms with van der Waals surface area (Å²) in [6.07, 6.45) is 3.24. The van der Waals surface area contributed by atoms with Crippen LogP contribution in [0.1, 0.15) is 38.8 Å². The monoisotopic (exact) mass is 288 g/mol. The van der Waals surface area contributed by atoms with Crippen molar-refractivity contribution in [2.75, 3.05) is 20.3 Å². The van der Waals surface area contributed by atoms with Crippen LogP contribution in [-0.2, 0) is 11.3 Å². The molecule has 2 rings (SSSR count). The average molecular weight is 288 g/mol. The van der Waals surface area contributed by atoms with Gasteiger partial charge < -0.3 is 14.6 Å². The normalized spacial score (nSPS) is 13.2. The molecule has 1 aromatic carbocycles. The maximum absolute atomic E-state index is 5.22. The predicted octanol–water partition coefficient (Wildman–Crippen LogP) is 3.98. The molecule has 0 radical (unpaired) electrons. The number of nitrogens with one attached hydrogen (secondary N) is 1. The number of hydrogen-bond acceptors (Lipinski definition) is 2. The molecular weight excluding hydrogens is 260 g/mol. The molecule has 0 fully saturated rings. The van der Waals surface area contributed by atoms with Crippen molar-refractivity contribution >= 4 is 10.9 Å². The van der Waals surface area contributed by atoms with Crippen molar-refractivity contribution in [1.29, 1.82) is 0 Å². The highest BCUT2D eigenvalue weighted by atomic mass is 16.5. The largest absolute Gasteiger partial charge is 0.385 e. The van der Waals surface area contributed by atoms with Crippen LogP contribution in [-0.4, -0.2) is 24.8 Å². The van der Waals surface area contributed by atoms with Gasteiger partial charge in [-0.3, -0.25) is 0 Å². The van der Waals surface area contributed by atoms with Crippen molar-refractivity contribution in [2.45, 2.75) is 39.8 Å². The Kier molecular flexibility index (Phi) is 5.83. The fraction of sp³-hybridized carbons (Fsp3) is 0.556. The number of benzene rings is 1. The van der Waals surface area contributed by atoms with Crippen LogP contribution >= 0.6 is 0 Å². The lowest BCUT2D eigenvalue weighted by atomic mass is 10.1. The lowest BCUT2D eigenvalue weighted by Crippen LogP contribution is -2.19. The minimum absolute atomic E-state index is 0.452. The zero-order valence-corrected chi connectivity index (χ0v) is 13.7. The van der Waals surface area contributed by atoms with Gasteiger partial charge in [0.1, 0.15) is 0 Å². The third kappa shape index (κ3) is 4.08. The summed E-state index contributed by atoms with van der Waals surface area (Å²) in [5.74, 6) is 0.677. The molecule has 0 amide bonds. The second-order valence-corrected chi connectivity index (χ2v) is 6.23. The molecule has 116 valence electrons. The molecule has 1 unspecified atom stereocenters. The quantitative estimate of drug-likeness (QED) is 0.795. The Bertz CT molecular complexity index is 559. The van der Waals surface area contributed by atoms with Crippen LogP contribution in [0.4, 0.5) is 0 Å². The summed E-state index contributed by atoms with van der Waals surface area (Å²) in [7, 11) is 1.77. The SMILES string of the molecule is COCCC(C)n1ccc2cccc(CNCC(C)C)c21. The van der Waals surface area contributed by atoms with Crippen LogP contribution in [0.25, 0.3) is 10.9 Å². The van der Waals surface area contributed by atoms with Gasteiger partial charge in [-0.15, -0.1) is 0 Å². The number of hydrogen-bond donors (Lipinski definition) is 1. The second kappa shape index (κ2) is 7.62. The molecule has 0 bridgehead atoms. The Hall–Kier alpha value is -1.32. The standard InChI is InChI=1S/C18H28N2O/c1-14(2)12-19-13-17-7-5-6-16-8-10-20(18(16)17)15(3)9-11-21-4/h5-8,10,14-15,19H,9,11-13H2,1-4H3. The third-order valence-electron chi connectivity index (χ3n) is 3.91. The molecule has 2 aromatic rings. The van der Waals surface area contributed by atoms with E-state index in [-0.39, 0.29) is 0 Å². The van der Waals surface area contributed by atoms with Gasteiger partial charge in [-0.05, 0) is 42.8 Å². The van der Waals surface area contributed by atoms with Crippen molar-refractivity contribution in [3.05, 3.63) is 36.0 Å². The van der Waals surface area contributed by atoms with E-state index in [2.05, 4.69) is 61.1 Å². The fourth-order valence-corrected chi connectivity index (χ4v) is 2.73. The molecular formula is C18H28N2O. The summed E-state index contributed by atoms with van der Waals surface area (Å²) in [6, 6.07) is 9.24. The number of fused-ring (bicyclic) bond motifs is 1. The van der Waals surface area contributed by atoms with Crippen molar-refractivity contribution in [3.8, 4) is 0 Å². The van der Waals surface area contributed by atoms with Crippen molar-refractivity contribution in [3.63, 3.8) is 0 Å². The molecule has 3 heteroatoms. The molecule has 1 N–H and O–H groups in total. The van der Waals surface area contributed by atoms with Crippen LogP contribution in [0.2, 0.25) is 0 Å². The average Bonchev–Trinajstić information content (AvgIpc) is 2.89. The fourth-order valence-electron chi connectivity index (χ4n) is 2.73. The van der Waals surface area contributed by atoms with E-state index in [4.69, 9.17) is 4.74 Å². The molecule has 1 heterocycles. The van der Waals surface area contributed by atoms with E-state index in [0.29, 0.717) is 12.0 Å². The molecule has 1 aromatic heterocycles. The number of aromatic nitrogens is 1. The number of ether oxygens (including phenoxy) is 1. The highest BCUT2D eigenvalue weighted by molar-refractivity contribution is 5.83. The topological polar surface area (TPSA) is 26.2 Å². The first-order valence-electron chi connectivity index (χ1n) is 7.91. The Morgan fingerprint density at radius 2 is 2.00 bits per heavy atom. The molecule has 0 saturated carbocycles. The number of nitrogens with zero attached hydrogens (tertiary/aromatic N) is 1. The van der Waals surface area contributed by atoms with Crippen molar-refractivity contribution in [1.82, 2.24) is 9.88 Å². The summed E-state index contributed by atoms with van der Waals surface area (Å²) in [5.41, 5.74) is 2.74. The first kappa shape index (κ1) is 16.1. The molecule has 21 heavy (non-hydrogen) atoms. The third-order valence-corrected chi connectivity index (χ3v) is 3.91. The minimum Gasteiger partial charge on any atom is -0.385 e. The van der Waals surface area contributed by atoms with Gasteiger partial charge in [0.05, 0.1) is 5.52 Å². The van der Waals surface area contributed by atoms with Crippen LogP contribution in [0, 0.1) is 5.92 Å². The van der Waals surface area contributed by atoms with Gasteiger partial charge in [-0.1, -0.05) is 32.0 Å². The van der Waals surface area contributed by atoms with Crippen LogP contribution in [0.5, 0.6) is 0 Å². The second-order valence-electron chi connectivity index (χ2n) is 6.23. The van der Waals surface area contributed by atoms with E-state index < -0.39 is 0 Å². The van der Waals surface area contributed by atoms with Gasteiger partial charge in [-0.25, -0.2) is 0 Å². The summed E-state index contributed by atoms with van der Waals surface area (Å²) >= 11 is 0. The maximum atomic E-state index is 5.22. The number of rotatable bonds is 8. The predicted molar refractivity (Wildman–Crippen MR) is 89.7 cm³/mol. The Balaban J connectivity index is 2.22. The Labute approximate surface area is 128 Å². The molecule has 0 spiro atoms. The highest BCUT2D eigenvalue weighted by Gasteiger charge is 2.11. The first-order chi connectivity index (χ1) is 10.1. The lowest BCUT2D eigenvalue weighted by molar-refractivity contribution is 0.181.